The summed E-state index contributed by atoms with van der Waals surface area (Å²) in [4.78, 5) is 27.0. The average Bonchev–Trinajstić information content (AvgIpc) is 2.90. The molecule has 196 valence electrons. The molecule has 2 amide bonds. The molecule has 0 spiro atoms. The van der Waals surface area contributed by atoms with Gasteiger partial charge in [-0.15, -0.1) is 0 Å². The zero-order chi connectivity index (χ0) is 27.2. The number of rotatable bonds is 9. The third kappa shape index (κ3) is 6.67. The third-order valence-corrected chi connectivity index (χ3v) is 7.47. The summed E-state index contributed by atoms with van der Waals surface area (Å²) in [6, 6.07) is 18.6. The van der Waals surface area contributed by atoms with Crippen LogP contribution in [0.3, 0.4) is 0 Å². The van der Waals surface area contributed by atoms with Gasteiger partial charge in [0.25, 0.3) is 10.0 Å². The molecule has 3 rings (SSSR count). The van der Waals surface area contributed by atoms with Gasteiger partial charge in [-0.1, -0.05) is 54.6 Å². The van der Waals surface area contributed by atoms with Crippen LogP contribution in [0.25, 0.3) is 0 Å². The van der Waals surface area contributed by atoms with Crippen molar-refractivity contribution in [3.8, 4) is 0 Å². The van der Waals surface area contributed by atoms with Crippen LogP contribution >= 0.6 is 0 Å². The van der Waals surface area contributed by atoms with Crippen molar-refractivity contribution in [2.75, 3.05) is 17.9 Å². The number of anilines is 1. The van der Waals surface area contributed by atoms with E-state index in [-0.39, 0.29) is 17.1 Å². The molecule has 0 aliphatic carbocycles. The number of carbonyl (C=O) groups is 2. The van der Waals surface area contributed by atoms with Crippen LogP contribution < -0.4 is 9.62 Å². The summed E-state index contributed by atoms with van der Waals surface area (Å²) >= 11 is 0. The van der Waals surface area contributed by atoms with Gasteiger partial charge in [-0.3, -0.25) is 13.9 Å². The normalized spacial score (nSPS) is 12.5. The minimum atomic E-state index is -4.73. The van der Waals surface area contributed by atoms with Crippen molar-refractivity contribution >= 4 is 27.5 Å². The van der Waals surface area contributed by atoms with Crippen LogP contribution in [-0.2, 0) is 32.3 Å². The highest BCUT2D eigenvalue weighted by molar-refractivity contribution is 7.92. The molecule has 0 aliphatic heterocycles. The van der Waals surface area contributed by atoms with E-state index in [0.717, 1.165) is 12.1 Å². The van der Waals surface area contributed by atoms with Gasteiger partial charge in [0, 0.05) is 13.6 Å². The molecular formula is C26H26F3N3O4S. The van der Waals surface area contributed by atoms with Crippen molar-refractivity contribution < 1.29 is 31.2 Å². The van der Waals surface area contributed by atoms with Gasteiger partial charge in [0.15, 0.2) is 0 Å². The van der Waals surface area contributed by atoms with Crippen LogP contribution in [0.5, 0.6) is 0 Å². The molecule has 1 atom stereocenters. The van der Waals surface area contributed by atoms with Gasteiger partial charge >= 0.3 is 6.18 Å². The first-order chi connectivity index (χ1) is 17.4. The fourth-order valence-electron chi connectivity index (χ4n) is 3.66. The highest BCUT2D eigenvalue weighted by Gasteiger charge is 2.35. The zero-order valence-corrected chi connectivity index (χ0v) is 21.0. The number of nitrogens with zero attached hydrogens (tertiary/aromatic N) is 2. The molecule has 0 aliphatic rings. The van der Waals surface area contributed by atoms with Gasteiger partial charge in [-0.05, 0) is 42.8 Å². The molecule has 0 fully saturated rings. The second-order valence-corrected chi connectivity index (χ2v) is 10.0. The van der Waals surface area contributed by atoms with E-state index in [1.807, 2.05) is 0 Å². The molecule has 0 unspecified atom stereocenters. The van der Waals surface area contributed by atoms with Crippen molar-refractivity contribution in [2.45, 2.75) is 30.6 Å². The summed E-state index contributed by atoms with van der Waals surface area (Å²) < 4.78 is 68.1. The molecule has 0 aromatic heterocycles. The molecule has 3 aromatic carbocycles. The number of amides is 2. The summed E-state index contributed by atoms with van der Waals surface area (Å²) in [7, 11) is -3.05. The van der Waals surface area contributed by atoms with Gasteiger partial charge in [0.1, 0.15) is 12.6 Å². The number of carbonyl (C=O) groups excluding carboxylic acids is 2. The number of halogens is 3. The molecule has 0 bridgehead atoms. The lowest BCUT2D eigenvalue weighted by atomic mass is 10.1. The first-order valence-electron chi connectivity index (χ1n) is 11.2. The predicted molar refractivity (Wildman–Crippen MR) is 133 cm³/mol. The SMILES string of the molecule is CNC(=O)[C@@H](C)N(Cc1ccccc1)C(=O)CN(c1cccc(C(F)(F)F)c1)S(=O)(=O)c1ccccc1. The van der Waals surface area contributed by atoms with Gasteiger partial charge < -0.3 is 10.2 Å². The van der Waals surface area contributed by atoms with E-state index in [9.17, 15) is 31.2 Å². The monoisotopic (exact) mass is 533 g/mol. The average molecular weight is 534 g/mol. The van der Waals surface area contributed by atoms with E-state index in [1.165, 1.54) is 49.2 Å². The zero-order valence-electron chi connectivity index (χ0n) is 20.1. The van der Waals surface area contributed by atoms with E-state index >= 15 is 0 Å². The van der Waals surface area contributed by atoms with Crippen LogP contribution in [-0.4, -0.2) is 44.8 Å². The number of alkyl halides is 3. The fourth-order valence-corrected chi connectivity index (χ4v) is 5.08. The molecule has 1 N–H and O–H groups in total. The standard InChI is InChI=1S/C26H26F3N3O4S/c1-19(25(34)30-2)31(17-20-10-5-3-6-11-20)24(33)18-32(37(35,36)23-14-7-4-8-15-23)22-13-9-12-21(16-22)26(27,28)29/h3-16,19H,17-18H2,1-2H3,(H,30,34)/t19-/m1/s1. The summed E-state index contributed by atoms with van der Waals surface area (Å²) in [5, 5.41) is 2.46. The highest BCUT2D eigenvalue weighted by atomic mass is 32.2. The van der Waals surface area contributed by atoms with Crippen LogP contribution in [0.4, 0.5) is 18.9 Å². The summed E-state index contributed by atoms with van der Waals surface area (Å²) in [6.07, 6.45) is -4.73. The molecule has 0 heterocycles. The number of benzene rings is 3. The van der Waals surface area contributed by atoms with Crippen LogP contribution in [0.15, 0.2) is 89.8 Å². The lowest BCUT2D eigenvalue weighted by molar-refractivity contribution is -0.139. The molecule has 0 radical (unpaired) electrons. The third-order valence-electron chi connectivity index (χ3n) is 5.68. The number of sulfonamides is 1. The van der Waals surface area contributed by atoms with Crippen molar-refractivity contribution in [3.05, 3.63) is 96.1 Å². The van der Waals surface area contributed by atoms with Gasteiger partial charge in [0.2, 0.25) is 11.8 Å². The van der Waals surface area contributed by atoms with Gasteiger partial charge in [-0.25, -0.2) is 8.42 Å². The van der Waals surface area contributed by atoms with Crippen molar-refractivity contribution in [2.24, 2.45) is 0 Å². The Bertz CT molecular complexity index is 1330. The summed E-state index contributed by atoms with van der Waals surface area (Å²) in [6.45, 7) is 0.642. The molecule has 0 saturated heterocycles. The Hall–Kier alpha value is -3.86. The number of hydrogen-bond donors (Lipinski definition) is 1. The minimum absolute atomic E-state index is 0.0178. The highest BCUT2D eigenvalue weighted by Crippen LogP contribution is 2.33. The first kappa shape index (κ1) is 27.7. The van der Waals surface area contributed by atoms with Crippen LogP contribution in [0.2, 0.25) is 0 Å². The van der Waals surface area contributed by atoms with E-state index in [4.69, 9.17) is 0 Å². The van der Waals surface area contributed by atoms with E-state index < -0.39 is 46.2 Å². The second-order valence-electron chi connectivity index (χ2n) is 8.17. The van der Waals surface area contributed by atoms with Crippen molar-refractivity contribution in [3.63, 3.8) is 0 Å². The van der Waals surface area contributed by atoms with Gasteiger partial charge in [0.05, 0.1) is 16.1 Å². The Balaban J connectivity index is 2.07. The molecule has 37 heavy (non-hydrogen) atoms. The summed E-state index contributed by atoms with van der Waals surface area (Å²) in [5.74, 6) is -1.25. The maximum absolute atomic E-state index is 13.6. The predicted octanol–water partition coefficient (Wildman–Crippen LogP) is 4.06. The number of hydrogen-bond acceptors (Lipinski definition) is 4. The molecule has 3 aromatic rings. The Labute approximate surface area is 213 Å². The largest absolute Gasteiger partial charge is 0.416 e. The van der Waals surface area contributed by atoms with E-state index in [0.29, 0.717) is 15.9 Å². The first-order valence-corrected chi connectivity index (χ1v) is 12.7. The van der Waals surface area contributed by atoms with Crippen LogP contribution in [0, 0.1) is 0 Å². The van der Waals surface area contributed by atoms with Gasteiger partial charge in [-0.2, -0.15) is 13.2 Å². The maximum Gasteiger partial charge on any atom is 0.416 e. The smallest absolute Gasteiger partial charge is 0.357 e. The molecular weight excluding hydrogens is 507 g/mol. The molecule has 0 saturated carbocycles. The Kier molecular flexibility index (Phi) is 8.59. The Morgan fingerprint density at radius 3 is 2.08 bits per heavy atom. The minimum Gasteiger partial charge on any atom is -0.357 e. The topological polar surface area (TPSA) is 86.8 Å². The second kappa shape index (κ2) is 11.5. The Morgan fingerprint density at radius 2 is 1.51 bits per heavy atom. The lowest BCUT2D eigenvalue weighted by Gasteiger charge is -2.32. The fraction of sp³-hybridized carbons (Fsp3) is 0.231. The Morgan fingerprint density at radius 1 is 0.919 bits per heavy atom. The van der Waals surface area contributed by atoms with Crippen molar-refractivity contribution in [1.82, 2.24) is 10.2 Å². The number of likely N-dealkylation sites (N-methyl/N-ethyl adjacent to an activating group) is 1. The quantitative estimate of drug-likeness (QED) is 0.450. The lowest BCUT2D eigenvalue weighted by Crippen LogP contribution is -2.50. The van der Waals surface area contributed by atoms with E-state index in [2.05, 4.69) is 5.32 Å². The van der Waals surface area contributed by atoms with E-state index in [1.54, 1.807) is 36.4 Å². The molecule has 11 heteroatoms. The van der Waals surface area contributed by atoms with Crippen LogP contribution in [0.1, 0.15) is 18.1 Å². The van der Waals surface area contributed by atoms with Crippen molar-refractivity contribution in [1.29, 1.82) is 0 Å². The number of nitrogens with one attached hydrogen (secondary N) is 1. The molecule has 7 nitrogen and oxygen atoms in total. The summed E-state index contributed by atoms with van der Waals surface area (Å²) in [5.41, 5.74) is -0.715. The maximum atomic E-state index is 13.6.